The zero-order valence-corrected chi connectivity index (χ0v) is 14.7. The van der Waals surface area contributed by atoms with Gasteiger partial charge in [-0.05, 0) is 43.3 Å². The summed E-state index contributed by atoms with van der Waals surface area (Å²) in [6, 6.07) is 13.6. The van der Waals surface area contributed by atoms with Crippen LogP contribution in [0, 0.1) is 12.7 Å². The first-order chi connectivity index (χ1) is 12.5. The molecule has 0 aromatic heterocycles. The lowest BCUT2D eigenvalue weighted by Gasteiger charge is -2.36. The van der Waals surface area contributed by atoms with Gasteiger partial charge in [0.2, 0.25) is 5.91 Å². The zero-order chi connectivity index (χ0) is 18.5. The summed E-state index contributed by atoms with van der Waals surface area (Å²) in [5.74, 6) is -0.594. The Hall–Kier alpha value is -2.89. The van der Waals surface area contributed by atoms with E-state index in [1.54, 1.807) is 29.2 Å². The summed E-state index contributed by atoms with van der Waals surface area (Å²) in [5, 5.41) is 2.69. The van der Waals surface area contributed by atoms with E-state index in [1.165, 1.54) is 12.1 Å². The molecule has 0 radical (unpaired) electrons. The number of halogens is 1. The monoisotopic (exact) mass is 355 g/mol. The van der Waals surface area contributed by atoms with Gasteiger partial charge in [0, 0.05) is 37.4 Å². The highest BCUT2D eigenvalue weighted by Crippen LogP contribution is 2.16. The van der Waals surface area contributed by atoms with Gasteiger partial charge in [0.25, 0.3) is 5.91 Å². The highest BCUT2D eigenvalue weighted by Gasteiger charge is 2.21. The van der Waals surface area contributed by atoms with Crippen LogP contribution in [-0.2, 0) is 4.79 Å². The third kappa shape index (κ3) is 4.39. The number of hydrogen-bond acceptors (Lipinski definition) is 3. The Kier molecular flexibility index (Phi) is 5.51. The molecule has 2 aromatic carbocycles. The number of anilines is 1. The Labute approximate surface area is 152 Å². The van der Waals surface area contributed by atoms with Gasteiger partial charge in [0.15, 0.2) is 0 Å². The molecule has 1 N–H and O–H groups in total. The van der Waals surface area contributed by atoms with E-state index in [-0.39, 0.29) is 24.2 Å². The summed E-state index contributed by atoms with van der Waals surface area (Å²) >= 11 is 0. The Morgan fingerprint density at radius 1 is 1.04 bits per heavy atom. The van der Waals surface area contributed by atoms with Crippen molar-refractivity contribution in [3.8, 4) is 0 Å². The number of carbonyl (C=O) groups excluding carboxylic acids is 2. The van der Waals surface area contributed by atoms with Crippen LogP contribution in [-0.4, -0.2) is 49.4 Å². The summed E-state index contributed by atoms with van der Waals surface area (Å²) < 4.78 is 13.0. The standard InChI is InChI=1S/C20H22FN3O2/c1-15-3-2-4-16(13-15)20(26)22-14-19(25)24-11-9-23(10-12-24)18-7-5-17(21)6-8-18/h2-8,13H,9-12,14H2,1H3,(H,22,26). The summed E-state index contributed by atoms with van der Waals surface area (Å²) in [5.41, 5.74) is 2.51. The minimum absolute atomic E-state index is 0.0106. The molecule has 1 heterocycles. The largest absolute Gasteiger partial charge is 0.368 e. The Morgan fingerprint density at radius 2 is 1.73 bits per heavy atom. The van der Waals surface area contributed by atoms with E-state index >= 15 is 0 Å². The lowest BCUT2D eigenvalue weighted by molar-refractivity contribution is -0.130. The van der Waals surface area contributed by atoms with Crippen LogP contribution in [0.2, 0.25) is 0 Å². The van der Waals surface area contributed by atoms with E-state index in [0.29, 0.717) is 31.7 Å². The lowest BCUT2D eigenvalue weighted by Crippen LogP contribution is -2.51. The third-order valence-electron chi connectivity index (χ3n) is 4.50. The highest BCUT2D eigenvalue weighted by atomic mass is 19.1. The van der Waals surface area contributed by atoms with Crippen LogP contribution in [0.4, 0.5) is 10.1 Å². The zero-order valence-electron chi connectivity index (χ0n) is 14.7. The molecule has 0 bridgehead atoms. The van der Waals surface area contributed by atoms with Crippen LogP contribution in [0.1, 0.15) is 15.9 Å². The summed E-state index contributed by atoms with van der Waals surface area (Å²) in [4.78, 5) is 28.3. The van der Waals surface area contributed by atoms with Crippen molar-refractivity contribution in [2.75, 3.05) is 37.6 Å². The van der Waals surface area contributed by atoms with Crippen LogP contribution in [0.15, 0.2) is 48.5 Å². The number of hydrogen-bond donors (Lipinski definition) is 1. The number of carbonyl (C=O) groups is 2. The molecule has 1 aliphatic rings. The fourth-order valence-corrected chi connectivity index (χ4v) is 3.02. The maximum Gasteiger partial charge on any atom is 0.251 e. The first-order valence-corrected chi connectivity index (χ1v) is 8.66. The van der Waals surface area contributed by atoms with E-state index in [2.05, 4.69) is 10.2 Å². The molecule has 1 saturated heterocycles. The summed E-state index contributed by atoms with van der Waals surface area (Å²) in [7, 11) is 0. The molecule has 5 nitrogen and oxygen atoms in total. The molecule has 0 atom stereocenters. The molecular formula is C20H22FN3O2. The van der Waals surface area contributed by atoms with Gasteiger partial charge < -0.3 is 15.1 Å². The van der Waals surface area contributed by atoms with Gasteiger partial charge in [-0.3, -0.25) is 9.59 Å². The van der Waals surface area contributed by atoms with Crippen molar-refractivity contribution in [2.45, 2.75) is 6.92 Å². The summed E-state index contributed by atoms with van der Waals surface area (Å²) in [6.07, 6.45) is 0. The summed E-state index contributed by atoms with van der Waals surface area (Å²) in [6.45, 7) is 4.44. The molecule has 2 amide bonds. The molecule has 6 heteroatoms. The van der Waals surface area contributed by atoms with Crippen molar-refractivity contribution in [1.29, 1.82) is 0 Å². The van der Waals surface area contributed by atoms with Crippen LogP contribution >= 0.6 is 0 Å². The topological polar surface area (TPSA) is 52.7 Å². The minimum atomic E-state index is -0.257. The van der Waals surface area contributed by atoms with Gasteiger partial charge in [-0.1, -0.05) is 17.7 Å². The average molecular weight is 355 g/mol. The number of amides is 2. The van der Waals surface area contributed by atoms with E-state index < -0.39 is 0 Å². The molecule has 2 aromatic rings. The number of rotatable bonds is 4. The molecule has 1 fully saturated rings. The lowest BCUT2D eigenvalue weighted by atomic mass is 10.1. The number of aryl methyl sites for hydroxylation is 1. The Morgan fingerprint density at radius 3 is 2.38 bits per heavy atom. The van der Waals surface area contributed by atoms with Crippen molar-refractivity contribution in [3.63, 3.8) is 0 Å². The van der Waals surface area contributed by atoms with Crippen LogP contribution in [0.5, 0.6) is 0 Å². The maximum absolute atomic E-state index is 13.0. The van der Waals surface area contributed by atoms with Gasteiger partial charge in [-0.15, -0.1) is 0 Å². The van der Waals surface area contributed by atoms with Gasteiger partial charge in [0.1, 0.15) is 5.82 Å². The smallest absolute Gasteiger partial charge is 0.251 e. The second kappa shape index (κ2) is 7.99. The highest BCUT2D eigenvalue weighted by molar-refractivity contribution is 5.96. The minimum Gasteiger partial charge on any atom is -0.368 e. The van der Waals surface area contributed by atoms with Crippen molar-refractivity contribution >= 4 is 17.5 Å². The first-order valence-electron chi connectivity index (χ1n) is 8.66. The second-order valence-corrected chi connectivity index (χ2v) is 6.40. The van der Waals surface area contributed by atoms with Crippen molar-refractivity contribution in [1.82, 2.24) is 10.2 Å². The SMILES string of the molecule is Cc1cccc(C(=O)NCC(=O)N2CCN(c3ccc(F)cc3)CC2)c1. The molecule has 26 heavy (non-hydrogen) atoms. The number of nitrogens with one attached hydrogen (secondary N) is 1. The molecular weight excluding hydrogens is 333 g/mol. The Bertz CT molecular complexity index is 784. The van der Waals surface area contributed by atoms with E-state index in [0.717, 1.165) is 11.3 Å². The van der Waals surface area contributed by atoms with E-state index in [1.807, 2.05) is 19.1 Å². The number of benzene rings is 2. The van der Waals surface area contributed by atoms with Crippen LogP contribution < -0.4 is 10.2 Å². The average Bonchev–Trinajstić information content (AvgIpc) is 2.66. The van der Waals surface area contributed by atoms with Gasteiger partial charge in [-0.25, -0.2) is 4.39 Å². The third-order valence-corrected chi connectivity index (χ3v) is 4.50. The van der Waals surface area contributed by atoms with Crippen LogP contribution in [0.25, 0.3) is 0 Å². The van der Waals surface area contributed by atoms with E-state index in [9.17, 15) is 14.0 Å². The molecule has 0 spiro atoms. The molecule has 136 valence electrons. The fraction of sp³-hybridized carbons (Fsp3) is 0.300. The Balaban J connectivity index is 1.47. The van der Waals surface area contributed by atoms with Crippen molar-refractivity contribution < 1.29 is 14.0 Å². The van der Waals surface area contributed by atoms with Crippen molar-refractivity contribution in [2.24, 2.45) is 0 Å². The maximum atomic E-state index is 13.0. The van der Waals surface area contributed by atoms with Gasteiger partial charge in [0.05, 0.1) is 6.54 Å². The molecule has 0 aliphatic carbocycles. The molecule has 0 saturated carbocycles. The molecule has 1 aliphatic heterocycles. The fourth-order valence-electron chi connectivity index (χ4n) is 3.02. The second-order valence-electron chi connectivity index (χ2n) is 6.40. The number of nitrogens with zero attached hydrogens (tertiary/aromatic N) is 2. The predicted molar refractivity (Wildman–Crippen MR) is 98.7 cm³/mol. The van der Waals surface area contributed by atoms with Crippen molar-refractivity contribution in [3.05, 3.63) is 65.5 Å². The quantitative estimate of drug-likeness (QED) is 0.915. The van der Waals surface area contributed by atoms with Crippen LogP contribution in [0.3, 0.4) is 0 Å². The normalized spacial score (nSPS) is 14.2. The molecule has 3 rings (SSSR count). The van der Waals surface area contributed by atoms with Gasteiger partial charge in [-0.2, -0.15) is 0 Å². The number of piperazine rings is 1. The van der Waals surface area contributed by atoms with E-state index in [4.69, 9.17) is 0 Å². The first kappa shape index (κ1) is 17.9. The molecule has 0 unspecified atom stereocenters. The van der Waals surface area contributed by atoms with Gasteiger partial charge >= 0.3 is 0 Å². The predicted octanol–water partition coefficient (Wildman–Crippen LogP) is 2.21.